The summed E-state index contributed by atoms with van der Waals surface area (Å²) in [5.41, 5.74) is 6.92. The highest BCUT2D eigenvalue weighted by atomic mass is 127. The van der Waals surface area contributed by atoms with Crippen LogP contribution in [0, 0.1) is 12.8 Å². The van der Waals surface area contributed by atoms with Gasteiger partial charge in [0.05, 0.1) is 10.7 Å². The molecule has 0 radical (unpaired) electrons. The Balaban J connectivity index is 0.00000162. The highest BCUT2D eigenvalue weighted by molar-refractivity contribution is 14.0. The second-order valence-electron chi connectivity index (χ2n) is 4.56. The Morgan fingerprint density at radius 2 is 2.39 bits per heavy atom. The Bertz CT molecular complexity index is 387. The van der Waals surface area contributed by atoms with Crippen LogP contribution < -0.4 is 11.1 Å². The summed E-state index contributed by atoms with van der Waals surface area (Å²) >= 11 is 1.69. The van der Waals surface area contributed by atoms with Crippen LogP contribution in [-0.2, 0) is 6.42 Å². The number of nitrogens with zero attached hydrogens (tertiary/aromatic N) is 2. The summed E-state index contributed by atoms with van der Waals surface area (Å²) in [6.45, 7) is 3.72. The van der Waals surface area contributed by atoms with E-state index in [2.05, 4.69) is 20.7 Å². The van der Waals surface area contributed by atoms with Crippen LogP contribution in [0.4, 0.5) is 0 Å². The molecule has 0 spiro atoms. The van der Waals surface area contributed by atoms with Gasteiger partial charge in [0.15, 0.2) is 5.96 Å². The normalized spacial score (nSPS) is 15.9. The van der Waals surface area contributed by atoms with E-state index >= 15 is 0 Å². The van der Waals surface area contributed by atoms with Gasteiger partial charge < -0.3 is 11.1 Å². The fraction of sp³-hybridized carbons (Fsp3) is 0.667. The van der Waals surface area contributed by atoms with Crippen molar-refractivity contribution < 1.29 is 0 Å². The van der Waals surface area contributed by atoms with Crippen molar-refractivity contribution in [1.82, 2.24) is 10.3 Å². The highest BCUT2D eigenvalue weighted by Gasteiger charge is 2.16. The van der Waals surface area contributed by atoms with E-state index in [-0.39, 0.29) is 24.0 Å². The van der Waals surface area contributed by atoms with E-state index in [4.69, 9.17) is 5.73 Å². The number of nitrogens with one attached hydrogen (secondary N) is 1. The maximum Gasteiger partial charge on any atom is 0.188 e. The molecule has 0 aliphatic heterocycles. The second kappa shape index (κ2) is 7.93. The number of guanidine groups is 1. The maximum atomic E-state index is 5.79. The molecule has 0 amide bonds. The number of hydrogen-bond donors (Lipinski definition) is 2. The SMILES string of the molecule is Cc1nc(CCNC(N)=NCC2CCC2)cs1.I. The Morgan fingerprint density at radius 1 is 1.61 bits per heavy atom. The zero-order chi connectivity index (χ0) is 12.1. The van der Waals surface area contributed by atoms with Crippen LogP contribution in [0.15, 0.2) is 10.4 Å². The standard InChI is InChI=1S/C12H20N4S.HI/c1-9-16-11(8-17-9)5-6-14-12(13)15-7-10-3-2-4-10;/h8,10H,2-7H2,1H3,(H3,13,14,15);1H. The summed E-state index contributed by atoms with van der Waals surface area (Å²) in [6.07, 6.45) is 4.89. The van der Waals surface area contributed by atoms with Crippen molar-refractivity contribution in [1.29, 1.82) is 0 Å². The summed E-state index contributed by atoms with van der Waals surface area (Å²) in [5, 5.41) is 6.35. The summed E-state index contributed by atoms with van der Waals surface area (Å²) in [4.78, 5) is 8.75. The number of thiazole rings is 1. The number of hydrogen-bond acceptors (Lipinski definition) is 3. The van der Waals surface area contributed by atoms with E-state index in [9.17, 15) is 0 Å². The van der Waals surface area contributed by atoms with E-state index in [1.54, 1.807) is 11.3 Å². The topological polar surface area (TPSA) is 63.3 Å². The van der Waals surface area contributed by atoms with Gasteiger partial charge in [0.1, 0.15) is 0 Å². The molecule has 0 bridgehead atoms. The predicted octanol–water partition coefficient (Wildman–Crippen LogP) is 2.32. The molecule has 1 fully saturated rings. The van der Waals surface area contributed by atoms with E-state index in [1.807, 2.05) is 6.92 Å². The molecule has 2 rings (SSSR count). The lowest BCUT2D eigenvalue weighted by Crippen LogP contribution is -2.34. The molecule has 0 atom stereocenters. The lowest BCUT2D eigenvalue weighted by atomic mass is 9.86. The first kappa shape index (κ1) is 15.7. The van der Waals surface area contributed by atoms with Crippen molar-refractivity contribution in [3.05, 3.63) is 16.1 Å². The maximum absolute atomic E-state index is 5.79. The second-order valence-corrected chi connectivity index (χ2v) is 5.62. The average molecular weight is 380 g/mol. The molecule has 1 saturated carbocycles. The molecule has 0 saturated heterocycles. The lowest BCUT2D eigenvalue weighted by molar-refractivity contribution is 0.326. The van der Waals surface area contributed by atoms with Crippen LogP contribution in [0.2, 0.25) is 0 Å². The Kier molecular flexibility index (Phi) is 6.91. The predicted molar refractivity (Wildman–Crippen MR) is 87.8 cm³/mol. The first-order valence-corrected chi connectivity index (χ1v) is 7.07. The number of aliphatic imine (C=N–C) groups is 1. The fourth-order valence-corrected chi connectivity index (χ4v) is 2.45. The molecule has 0 aromatic carbocycles. The number of halogens is 1. The Hall–Kier alpha value is -0.370. The van der Waals surface area contributed by atoms with Gasteiger partial charge in [-0.25, -0.2) is 4.98 Å². The van der Waals surface area contributed by atoms with Gasteiger partial charge in [-0.15, -0.1) is 35.3 Å². The van der Waals surface area contributed by atoms with Crippen molar-refractivity contribution in [3.63, 3.8) is 0 Å². The van der Waals surface area contributed by atoms with E-state index < -0.39 is 0 Å². The number of nitrogens with two attached hydrogens (primary N) is 1. The Labute approximate surface area is 129 Å². The summed E-state index contributed by atoms with van der Waals surface area (Å²) < 4.78 is 0. The van der Waals surface area contributed by atoms with Crippen molar-refractivity contribution >= 4 is 41.3 Å². The molecule has 1 heterocycles. The lowest BCUT2D eigenvalue weighted by Gasteiger charge is -2.23. The van der Waals surface area contributed by atoms with Crippen molar-refractivity contribution in [2.45, 2.75) is 32.6 Å². The van der Waals surface area contributed by atoms with Crippen molar-refractivity contribution in [2.24, 2.45) is 16.6 Å². The third-order valence-electron chi connectivity index (χ3n) is 3.10. The molecule has 1 aromatic rings. The Morgan fingerprint density at radius 3 is 2.94 bits per heavy atom. The third-order valence-corrected chi connectivity index (χ3v) is 3.92. The van der Waals surface area contributed by atoms with E-state index in [0.717, 1.165) is 36.1 Å². The van der Waals surface area contributed by atoms with Gasteiger partial charge in [0, 0.05) is 24.9 Å². The minimum absolute atomic E-state index is 0. The molecule has 102 valence electrons. The first-order valence-electron chi connectivity index (χ1n) is 6.19. The van der Waals surface area contributed by atoms with Crippen LogP contribution >= 0.6 is 35.3 Å². The monoisotopic (exact) mass is 380 g/mol. The molecule has 4 nitrogen and oxygen atoms in total. The van der Waals surface area contributed by atoms with Crippen LogP contribution in [0.5, 0.6) is 0 Å². The summed E-state index contributed by atoms with van der Waals surface area (Å²) in [6, 6.07) is 0. The molecule has 1 aliphatic carbocycles. The van der Waals surface area contributed by atoms with Gasteiger partial charge in [-0.2, -0.15) is 0 Å². The van der Waals surface area contributed by atoms with Crippen LogP contribution in [0.25, 0.3) is 0 Å². The molecule has 3 N–H and O–H groups in total. The number of rotatable bonds is 5. The first-order chi connectivity index (χ1) is 8.24. The quantitative estimate of drug-likeness (QED) is 0.468. The smallest absolute Gasteiger partial charge is 0.188 e. The van der Waals surface area contributed by atoms with Gasteiger partial charge >= 0.3 is 0 Å². The molecular weight excluding hydrogens is 359 g/mol. The minimum Gasteiger partial charge on any atom is -0.370 e. The van der Waals surface area contributed by atoms with Gasteiger partial charge in [0.2, 0.25) is 0 Å². The van der Waals surface area contributed by atoms with Crippen LogP contribution in [0.1, 0.15) is 30.0 Å². The van der Waals surface area contributed by atoms with Gasteiger partial charge in [-0.1, -0.05) is 6.42 Å². The van der Waals surface area contributed by atoms with Crippen molar-refractivity contribution in [2.75, 3.05) is 13.1 Å². The molecule has 1 aromatic heterocycles. The number of aryl methyl sites for hydroxylation is 1. The fourth-order valence-electron chi connectivity index (χ4n) is 1.80. The molecule has 18 heavy (non-hydrogen) atoms. The number of aromatic nitrogens is 1. The molecule has 1 aliphatic rings. The van der Waals surface area contributed by atoms with Crippen LogP contribution in [0.3, 0.4) is 0 Å². The molecule has 6 heteroatoms. The third kappa shape index (κ3) is 5.09. The largest absolute Gasteiger partial charge is 0.370 e. The van der Waals surface area contributed by atoms with Gasteiger partial charge in [-0.05, 0) is 25.7 Å². The molecule has 0 unspecified atom stereocenters. The van der Waals surface area contributed by atoms with E-state index in [0.29, 0.717) is 5.96 Å². The minimum atomic E-state index is 0. The van der Waals surface area contributed by atoms with Crippen LogP contribution in [-0.4, -0.2) is 24.0 Å². The van der Waals surface area contributed by atoms with Gasteiger partial charge in [0.25, 0.3) is 0 Å². The van der Waals surface area contributed by atoms with Gasteiger partial charge in [-0.3, -0.25) is 4.99 Å². The zero-order valence-electron chi connectivity index (χ0n) is 10.7. The zero-order valence-corrected chi connectivity index (χ0v) is 13.8. The summed E-state index contributed by atoms with van der Waals surface area (Å²) in [5.74, 6) is 1.35. The average Bonchev–Trinajstić information content (AvgIpc) is 2.62. The summed E-state index contributed by atoms with van der Waals surface area (Å²) in [7, 11) is 0. The van der Waals surface area contributed by atoms with Crippen molar-refractivity contribution in [3.8, 4) is 0 Å². The highest BCUT2D eigenvalue weighted by Crippen LogP contribution is 2.26. The van der Waals surface area contributed by atoms with E-state index in [1.165, 1.54) is 19.3 Å². The molecular formula is C12H21IN4S.